The molecule has 2 heterocycles. The Labute approximate surface area is 165 Å². The number of amides is 1. The number of carbonyl (C=O) groups excluding carboxylic acids is 1. The summed E-state index contributed by atoms with van der Waals surface area (Å²) in [5.74, 6) is -1.01. The molecule has 28 heavy (non-hydrogen) atoms. The lowest BCUT2D eigenvalue weighted by molar-refractivity contribution is -0.384. The number of halogens is 2. The Balaban J connectivity index is 1.64. The van der Waals surface area contributed by atoms with Gasteiger partial charge in [0.1, 0.15) is 5.82 Å². The van der Waals surface area contributed by atoms with Crippen molar-refractivity contribution < 1.29 is 14.1 Å². The number of aromatic nitrogens is 3. The first-order valence-corrected chi connectivity index (χ1v) is 9.03. The lowest BCUT2D eigenvalue weighted by atomic mass is 10.2. The highest BCUT2D eigenvalue weighted by atomic mass is 35.5. The fraction of sp³-hybridized carbons (Fsp3) is 0. The van der Waals surface area contributed by atoms with E-state index in [2.05, 4.69) is 15.4 Å². The van der Waals surface area contributed by atoms with Gasteiger partial charge in [-0.05, 0) is 30.3 Å². The van der Waals surface area contributed by atoms with Crippen LogP contribution in [0.1, 0.15) is 10.4 Å². The Morgan fingerprint density at radius 2 is 2.00 bits per heavy atom. The third-order valence-corrected chi connectivity index (χ3v) is 5.00. The van der Waals surface area contributed by atoms with Gasteiger partial charge in [-0.25, -0.2) is 8.91 Å². The van der Waals surface area contributed by atoms with E-state index >= 15 is 0 Å². The number of nitrogens with one attached hydrogen (secondary N) is 1. The van der Waals surface area contributed by atoms with Crippen molar-refractivity contribution >= 4 is 45.4 Å². The van der Waals surface area contributed by atoms with Crippen LogP contribution in [0.15, 0.2) is 47.8 Å². The summed E-state index contributed by atoms with van der Waals surface area (Å²) < 4.78 is 14.6. The van der Waals surface area contributed by atoms with Gasteiger partial charge in [0, 0.05) is 23.1 Å². The normalized spacial score (nSPS) is 10.9. The number of hydrogen-bond donors (Lipinski definition) is 1. The Bertz CT molecular complexity index is 1220. The third kappa shape index (κ3) is 3.30. The number of nitro benzene ring substituents is 1. The largest absolute Gasteiger partial charge is 0.289 e. The number of non-ortho nitro benzene ring substituents is 1. The molecule has 1 amide bonds. The number of rotatable bonds is 4. The van der Waals surface area contributed by atoms with Crippen LogP contribution in [0.25, 0.3) is 16.2 Å². The molecule has 2 aromatic heterocycles. The van der Waals surface area contributed by atoms with Gasteiger partial charge in [0.15, 0.2) is 0 Å². The number of nitrogens with zero attached hydrogens (tertiary/aromatic N) is 4. The number of hydrogen-bond acceptors (Lipinski definition) is 6. The molecule has 8 nitrogen and oxygen atoms in total. The van der Waals surface area contributed by atoms with Gasteiger partial charge in [0.25, 0.3) is 17.5 Å². The zero-order chi connectivity index (χ0) is 19.8. The molecule has 0 aliphatic carbocycles. The molecule has 11 heteroatoms. The monoisotopic (exact) mass is 417 g/mol. The first kappa shape index (κ1) is 18.0. The lowest BCUT2D eigenvalue weighted by Gasteiger charge is -2.03. The number of nitro groups is 1. The number of fused-ring (bicyclic) bond motifs is 1. The molecule has 0 aliphatic rings. The van der Waals surface area contributed by atoms with Crippen molar-refractivity contribution in [3.05, 3.63) is 74.4 Å². The second-order valence-corrected chi connectivity index (χ2v) is 6.88. The van der Waals surface area contributed by atoms with E-state index in [4.69, 9.17) is 11.6 Å². The highest BCUT2D eigenvalue weighted by molar-refractivity contribution is 7.15. The van der Waals surface area contributed by atoms with Gasteiger partial charge < -0.3 is 0 Å². The number of benzene rings is 2. The summed E-state index contributed by atoms with van der Waals surface area (Å²) in [6, 6.07) is 9.46. The standard InChI is InChI=1S/C17H9ClFN5O3S/c18-13-6-5-11(24(26)27)7-12(13)15(25)20-16-21-17-23(22-16)14(8-28-17)9-1-3-10(19)4-2-9/h1-8H,(H,20,22,25). The number of carbonyl (C=O) groups is 1. The van der Waals surface area contributed by atoms with E-state index in [1.165, 1.54) is 40.1 Å². The summed E-state index contributed by atoms with van der Waals surface area (Å²) >= 11 is 7.27. The van der Waals surface area contributed by atoms with Crippen LogP contribution in [0.3, 0.4) is 0 Å². The Kier molecular flexibility index (Phi) is 4.49. The molecule has 0 saturated carbocycles. The Hall–Kier alpha value is -3.37. The van der Waals surface area contributed by atoms with Gasteiger partial charge in [-0.2, -0.15) is 4.98 Å². The van der Waals surface area contributed by atoms with Crippen molar-refractivity contribution in [2.75, 3.05) is 5.32 Å². The van der Waals surface area contributed by atoms with Crippen LogP contribution in [-0.2, 0) is 0 Å². The van der Waals surface area contributed by atoms with Gasteiger partial charge in [0.2, 0.25) is 4.96 Å². The molecule has 0 fully saturated rings. The first-order valence-electron chi connectivity index (χ1n) is 7.78. The van der Waals surface area contributed by atoms with Crippen molar-refractivity contribution in [2.45, 2.75) is 0 Å². The quantitative estimate of drug-likeness (QED) is 0.391. The second-order valence-electron chi connectivity index (χ2n) is 5.63. The van der Waals surface area contributed by atoms with Crippen molar-refractivity contribution in [3.63, 3.8) is 0 Å². The highest BCUT2D eigenvalue weighted by Gasteiger charge is 2.19. The molecule has 0 atom stereocenters. The van der Waals surface area contributed by atoms with E-state index in [9.17, 15) is 19.3 Å². The predicted octanol–water partition coefficient (Wildman–Crippen LogP) is 4.41. The van der Waals surface area contributed by atoms with Crippen LogP contribution < -0.4 is 5.32 Å². The maximum absolute atomic E-state index is 13.1. The van der Waals surface area contributed by atoms with Gasteiger partial charge in [-0.3, -0.25) is 20.2 Å². The van der Waals surface area contributed by atoms with Crippen LogP contribution >= 0.6 is 22.9 Å². The van der Waals surface area contributed by atoms with Crippen LogP contribution in [0.5, 0.6) is 0 Å². The molecule has 4 aromatic rings. The average Bonchev–Trinajstić information content (AvgIpc) is 3.22. The fourth-order valence-electron chi connectivity index (χ4n) is 2.52. The molecule has 0 radical (unpaired) electrons. The molecule has 0 aliphatic heterocycles. The average molecular weight is 418 g/mol. The van der Waals surface area contributed by atoms with Crippen molar-refractivity contribution in [1.82, 2.24) is 14.6 Å². The molecule has 0 bridgehead atoms. The summed E-state index contributed by atoms with van der Waals surface area (Å²) in [6.45, 7) is 0. The van der Waals surface area contributed by atoms with Gasteiger partial charge in [-0.1, -0.05) is 11.6 Å². The smallest absolute Gasteiger partial charge is 0.270 e. The van der Waals surface area contributed by atoms with E-state index in [1.54, 1.807) is 12.1 Å². The minimum Gasteiger partial charge on any atom is -0.289 e. The maximum Gasteiger partial charge on any atom is 0.270 e. The molecule has 0 saturated heterocycles. The van der Waals surface area contributed by atoms with Crippen LogP contribution in [0, 0.1) is 15.9 Å². The summed E-state index contributed by atoms with van der Waals surface area (Å²) in [5, 5.41) is 19.5. The van der Waals surface area contributed by atoms with E-state index in [0.717, 1.165) is 11.6 Å². The van der Waals surface area contributed by atoms with Crippen LogP contribution in [0.4, 0.5) is 16.0 Å². The van der Waals surface area contributed by atoms with Gasteiger partial charge in [0.05, 0.1) is 21.2 Å². The van der Waals surface area contributed by atoms with Gasteiger partial charge >= 0.3 is 0 Å². The van der Waals surface area contributed by atoms with Gasteiger partial charge in [-0.15, -0.1) is 16.4 Å². The molecule has 0 spiro atoms. The van der Waals surface area contributed by atoms with Crippen molar-refractivity contribution in [2.24, 2.45) is 0 Å². The number of thiazole rings is 1. The zero-order valence-electron chi connectivity index (χ0n) is 13.8. The SMILES string of the molecule is O=C(Nc1nc2scc(-c3ccc(F)cc3)n2n1)c1cc([N+](=O)[O-])ccc1Cl. The Morgan fingerprint density at radius 1 is 1.25 bits per heavy atom. The molecule has 0 unspecified atom stereocenters. The van der Waals surface area contributed by atoms with Crippen LogP contribution in [-0.4, -0.2) is 25.4 Å². The summed E-state index contributed by atoms with van der Waals surface area (Å²) in [5.41, 5.74) is 1.10. The maximum atomic E-state index is 13.1. The summed E-state index contributed by atoms with van der Waals surface area (Å²) in [6.07, 6.45) is 0. The minimum absolute atomic E-state index is 0.0165. The summed E-state index contributed by atoms with van der Waals surface area (Å²) in [4.78, 5) is 27.5. The first-order chi connectivity index (χ1) is 13.4. The molecule has 140 valence electrons. The van der Waals surface area contributed by atoms with Crippen molar-refractivity contribution in [1.29, 1.82) is 0 Å². The molecular weight excluding hydrogens is 409 g/mol. The topological polar surface area (TPSA) is 102 Å². The number of anilines is 1. The second kappa shape index (κ2) is 6.98. The fourth-order valence-corrected chi connectivity index (χ4v) is 3.56. The molecule has 2 aromatic carbocycles. The van der Waals surface area contributed by atoms with Crippen molar-refractivity contribution in [3.8, 4) is 11.3 Å². The predicted molar refractivity (Wildman–Crippen MR) is 102 cm³/mol. The molecular formula is C17H9ClFN5O3S. The highest BCUT2D eigenvalue weighted by Crippen LogP contribution is 2.27. The lowest BCUT2D eigenvalue weighted by Crippen LogP contribution is -2.14. The van der Waals surface area contributed by atoms with E-state index in [1.807, 2.05) is 5.38 Å². The Morgan fingerprint density at radius 3 is 2.71 bits per heavy atom. The van der Waals surface area contributed by atoms with E-state index in [-0.39, 0.29) is 28.0 Å². The van der Waals surface area contributed by atoms with E-state index < -0.39 is 10.8 Å². The van der Waals surface area contributed by atoms with E-state index in [0.29, 0.717) is 10.7 Å². The molecule has 4 rings (SSSR count). The minimum atomic E-state index is -0.671. The van der Waals surface area contributed by atoms with Crippen LogP contribution in [0.2, 0.25) is 5.02 Å². The molecule has 1 N–H and O–H groups in total. The summed E-state index contributed by atoms with van der Waals surface area (Å²) in [7, 11) is 0. The zero-order valence-corrected chi connectivity index (χ0v) is 15.4. The third-order valence-electron chi connectivity index (χ3n) is 3.85.